The first-order chi connectivity index (χ1) is 11.5. The van der Waals surface area contributed by atoms with Crippen LogP contribution in [0, 0.1) is 12.8 Å². The van der Waals surface area contributed by atoms with E-state index >= 15 is 0 Å². The highest BCUT2D eigenvalue weighted by Gasteiger charge is 2.14. The largest absolute Gasteiger partial charge is 0.507 e. The lowest BCUT2D eigenvalue weighted by molar-refractivity contribution is 0.423. The Hall–Kier alpha value is -2.22. The summed E-state index contributed by atoms with van der Waals surface area (Å²) in [6, 6.07) is 12.4. The summed E-state index contributed by atoms with van der Waals surface area (Å²) in [5, 5.41) is 14.4. The molecule has 126 valence electrons. The number of aryl methyl sites for hydroxylation is 2. The number of rotatable bonds is 5. The molecule has 2 nitrogen and oxygen atoms in total. The van der Waals surface area contributed by atoms with Crippen LogP contribution in [0.3, 0.4) is 0 Å². The van der Waals surface area contributed by atoms with Crippen LogP contribution in [0.15, 0.2) is 36.4 Å². The van der Waals surface area contributed by atoms with Gasteiger partial charge in [-0.3, -0.25) is 0 Å². The lowest BCUT2D eigenvalue weighted by Crippen LogP contribution is -1.93. The molecule has 0 aliphatic heterocycles. The minimum atomic E-state index is 0.346. The van der Waals surface area contributed by atoms with Crippen LogP contribution >= 0.6 is 0 Å². The fourth-order valence-corrected chi connectivity index (χ4v) is 3.42. The van der Waals surface area contributed by atoms with Crippen molar-refractivity contribution in [2.24, 2.45) is 5.92 Å². The van der Waals surface area contributed by atoms with E-state index in [1.807, 2.05) is 25.1 Å². The summed E-state index contributed by atoms with van der Waals surface area (Å²) in [5.41, 5.74) is 2.43. The lowest BCUT2D eigenvalue weighted by atomic mass is 9.96. The molecule has 3 aromatic carbocycles. The van der Waals surface area contributed by atoms with Gasteiger partial charge in [-0.2, -0.15) is 0 Å². The second-order valence-corrected chi connectivity index (χ2v) is 7.10. The van der Waals surface area contributed by atoms with Crippen LogP contribution in [-0.4, -0.2) is 12.2 Å². The Labute approximate surface area is 144 Å². The van der Waals surface area contributed by atoms with E-state index in [-0.39, 0.29) is 0 Å². The molecule has 0 heterocycles. The van der Waals surface area contributed by atoms with Gasteiger partial charge >= 0.3 is 0 Å². The third-order valence-corrected chi connectivity index (χ3v) is 4.71. The van der Waals surface area contributed by atoms with Crippen molar-refractivity contribution in [2.75, 3.05) is 7.11 Å². The molecular formula is C22H26O2. The smallest absolute Gasteiger partial charge is 0.134 e. The van der Waals surface area contributed by atoms with Crippen LogP contribution < -0.4 is 4.74 Å². The zero-order valence-corrected chi connectivity index (χ0v) is 15.0. The molecule has 0 aliphatic rings. The van der Waals surface area contributed by atoms with E-state index in [0.717, 1.165) is 45.2 Å². The minimum absolute atomic E-state index is 0.346. The second kappa shape index (κ2) is 6.72. The summed E-state index contributed by atoms with van der Waals surface area (Å²) in [5.74, 6) is 1.93. The molecule has 0 saturated carbocycles. The maximum atomic E-state index is 10.7. The molecule has 0 fully saturated rings. The minimum Gasteiger partial charge on any atom is -0.507 e. The number of phenols is 1. The van der Waals surface area contributed by atoms with E-state index in [0.29, 0.717) is 5.75 Å². The Morgan fingerprint density at radius 1 is 0.958 bits per heavy atom. The van der Waals surface area contributed by atoms with Crippen LogP contribution in [0.4, 0.5) is 0 Å². The molecule has 0 atom stereocenters. The second-order valence-electron chi connectivity index (χ2n) is 7.10. The summed E-state index contributed by atoms with van der Waals surface area (Å²) in [4.78, 5) is 0. The van der Waals surface area contributed by atoms with Crippen molar-refractivity contribution in [1.29, 1.82) is 0 Å². The fraction of sp³-hybridized carbons (Fsp3) is 0.364. The topological polar surface area (TPSA) is 29.5 Å². The Morgan fingerprint density at radius 2 is 1.71 bits per heavy atom. The van der Waals surface area contributed by atoms with Crippen LogP contribution in [0.2, 0.25) is 0 Å². The standard InChI is InChI=1S/C22H26O2/c1-14(2)6-5-7-16-9-11-17-20(13-16)22(24-4)18-10-8-15(3)12-19(18)21(17)23/h8-14,23H,5-7H2,1-4H3. The van der Waals surface area contributed by atoms with E-state index in [1.165, 1.54) is 18.4 Å². The maximum Gasteiger partial charge on any atom is 0.134 e. The molecule has 1 N–H and O–H groups in total. The molecular weight excluding hydrogens is 296 g/mol. The summed E-state index contributed by atoms with van der Waals surface area (Å²) in [6.07, 6.45) is 3.48. The van der Waals surface area contributed by atoms with Crippen molar-refractivity contribution in [3.63, 3.8) is 0 Å². The predicted octanol–water partition coefficient (Wildman–Crippen LogP) is 5.99. The summed E-state index contributed by atoms with van der Waals surface area (Å²) >= 11 is 0. The average molecular weight is 322 g/mol. The predicted molar refractivity (Wildman–Crippen MR) is 102 cm³/mol. The molecule has 2 heteroatoms. The number of aromatic hydroxyl groups is 1. The molecule has 0 amide bonds. The lowest BCUT2D eigenvalue weighted by Gasteiger charge is -2.14. The zero-order chi connectivity index (χ0) is 17.3. The van der Waals surface area contributed by atoms with Crippen LogP contribution in [-0.2, 0) is 6.42 Å². The Bertz CT molecular complexity index is 878. The number of phenolic OH excluding ortho intramolecular Hbond substituents is 1. The Balaban J connectivity index is 2.14. The van der Waals surface area contributed by atoms with Crippen molar-refractivity contribution >= 4 is 21.5 Å². The molecule has 3 aromatic rings. The van der Waals surface area contributed by atoms with Gasteiger partial charge in [0.2, 0.25) is 0 Å². The van der Waals surface area contributed by atoms with Gasteiger partial charge in [-0.1, -0.05) is 50.1 Å². The highest BCUT2D eigenvalue weighted by atomic mass is 16.5. The first kappa shape index (κ1) is 16.6. The molecule has 0 aliphatic carbocycles. The van der Waals surface area contributed by atoms with Gasteiger partial charge in [0.25, 0.3) is 0 Å². The zero-order valence-electron chi connectivity index (χ0n) is 15.0. The normalized spacial score (nSPS) is 11.5. The SMILES string of the molecule is COc1c2ccc(C)cc2c(O)c2ccc(CCCC(C)C)cc12. The van der Waals surface area contributed by atoms with Gasteiger partial charge in [0, 0.05) is 21.5 Å². The van der Waals surface area contributed by atoms with Gasteiger partial charge in [0.05, 0.1) is 7.11 Å². The number of hydrogen-bond acceptors (Lipinski definition) is 2. The van der Waals surface area contributed by atoms with Gasteiger partial charge in [0.1, 0.15) is 11.5 Å². The molecule has 0 aromatic heterocycles. The van der Waals surface area contributed by atoms with Crippen molar-refractivity contribution in [2.45, 2.75) is 40.0 Å². The number of ether oxygens (including phenoxy) is 1. The van der Waals surface area contributed by atoms with E-state index in [2.05, 4.69) is 32.0 Å². The average Bonchev–Trinajstić information content (AvgIpc) is 2.55. The van der Waals surface area contributed by atoms with Gasteiger partial charge in [-0.15, -0.1) is 0 Å². The number of fused-ring (bicyclic) bond motifs is 2. The number of benzene rings is 3. The maximum absolute atomic E-state index is 10.7. The van der Waals surface area contributed by atoms with Gasteiger partial charge in [-0.25, -0.2) is 0 Å². The van der Waals surface area contributed by atoms with Gasteiger partial charge in [0.15, 0.2) is 0 Å². The van der Waals surface area contributed by atoms with Crippen LogP contribution in [0.1, 0.15) is 37.8 Å². The van der Waals surface area contributed by atoms with E-state index in [1.54, 1.807) is 7.11 Å². The molecule has 0 radical (unpaired) electrons. The molecule has 0 bridgehead atoms. The molecule has 3 rings (SSSR count). The van der Waals surface area contributed by atoms with Crippen molar-refractivity contribution in [1.82, 2.24) is 0 Å². The number of hydrogen-bond donors (Lipinski definition) is 1. The summed E-state index contributed by atoms with van der Waals surface area (Å²) < 4.78 is 5.72. The van der Waals surface area contributed by atoms with Crippen molar-refractivity contribution in [3.05, 3.63) is 47.5 Å². The first-order valence-corrected chi connectivity index (χ1v) is 8.73. The highest BCUT2D eigenvalue weighted by molar-refractivity contribution is 6.11. The number of methoxy groups -OCH3 is 1. The van der Waals surface area contributed by atoms with Crippen LogP contribution in [0.25, 0.3) is 21.5 Å². The Morgan fingerprint density at radius 3 is 2.42 bits per heavy atom. The van der Waals surface area contributed by atoms with E-state index in [4.69, 9.17) is 4.74 Å². The van der Waals surface area contributed by atoms with Crippen molar-refractivity contribution < 1.29 is 9.84 Å². The fourth-order valence-electron chi connectivity index (χ4n) is 3.42. The van der Waals surface area contributed by atoms with E-state index in [9.17, 15) is 5.11 Å². The first-order valence-electron chi connectivity index (χ1n) is 8.73. The highest BCUT2D eigenvalue weighted by Crippen LogP contribution is 2.42. The summed E-state index contributed by atoms with van der Waals surface area (Å²) in [6.45, 7) is 6.55. The van der Waals surface area contributed by atoms with Gasteiger partial charge < -0.3 is 9.84 Å². The van der Waals surface area contributed by atoms with Gasteiger partial charge in [-0.05, 0) is 43.4 Å². The third-order valence-electron chi connectivity index (χ3n) is 4.71. The quantitative estimate of drug-likeness (QED) is 0.584. The van der Waals surface area contributed by atoms with E-state index < -0.39 is 0 Å². The molecule has 24 heavy (non-hydrogen) atoms. The van der Waals surface area contributed by atoms with Crippen LogP contribution in [0.5, 0.6) is 11.5 Å². The third kappa shape index (κ3) is 3.06. The molecule has 0 spiro atoms. The molecule has 0 saturated heterocycles. The van der Waals surface area contributed by atoms with Crippen molar-refractivity contribution in [3.8, 4) is 11.5 Å². The Kier molecular flexibility index (Phi) is 4.66. The molecule has 0 unspecified atom stereocenters. The summed E-state index contributed by atoms with van der Waals surface area (Å²) in [7, 11) is 1.70. The monoisotopic (exact) mass is 322 g/mol.